The molecule has 3 aromatic rings. The number of ether oxygens (including phenoxy) is 2. The van der Waals surface area contributed by atoms with E-state index < -0.39 is 18.1 Å². The van der Waals surface area contributed by atoms with Gasteiger partial charge >= 0.3 is 0 Å². The number of halogens is 4. The lowest BCUT2D eigenvalue weighted by Gasteiger charge is -2.39. The van der Waals surface area contributed by atoms with Crippen molar-refractivity contribution in [3.63, 3.8) is 0 Å². The number of hydrogen-bond donors (Lipinski definition) is 1. The van der Waals surface area contributed by atoms with Crippen molar-refractivity contribution in [1.29, 1.82) is 0 Å². The fraction of sp³-hybridized carbons (Fsp3) is 0.560. The molecule has 5 atom stereocenters. The first-order chi connectivity index (χ1) is 17.7. The van der Waals surface area contributed by atoms with E-state index in [4.69, 9.17) is 21.1 Å². The number of anilines is 2. The predicted octanol–water partition coefficient (Wildman–Crippen LogP) is 4.65. The highest BCUT2D eigenvalue weighted by molar-refractivity contribution is 6.32. The van der Waals surface area contributed by atoms with Crippen LogP contribution in [-0.2, 0) is 9.47 Å². The summed E-state index contributed by atoms with van der Waals surface area (Å²) >= 11 is 6.28. The van der Waals surface area contributed by atoms with Crippen LogP contribution in [0.25, 0.3) is 10.9 Å². The van der Waals surface area contributed by atoms with Gasteiger partial charge in [0.1, 0.15) is 12.2 Å². The average molecular weight is 537 g/mol. The number of aryl methyl sites for hydroxylation is 1. The summed E-state index contributed by atoms with van der Waals surface area (Å²) in [7, 11) is 1.67. The Kier molecular flexibility index (Phi) is 6.29. The maximum absolute atomic E-state index is 15.5. The van der Waals surface area contributed by atoms with Crippen molar-refractivity contribution < 1.29 is 22.6 Å². The number of likely N-dealkylation sites (tertiary alicyclic amines) is 1. The van der Waals surface area contributed by atoms with Crippen molar-refractivity contribution in [3.8, 4) is 0 Å². The number of hydrogen-bond acceptors (Lipinski definition) is 7. The van der Waals surface area contributed by atoms with Crippen molar-refractivity contribution in [2.24, 2.45) is 0 Å². The summed E-state index contributed by atoms with van der Waals surface area (Å²) in [6.07, 6.45) is 2.39. The van der Waals surface area contributed by atoms with Gasteiger partial charge in [0.2, 0.25) is 5.95 Å². The van der Waals surface area contributed by atoms with Crippen LogP contribution in [0.3, 0.4) is 0 Å². The molecule has 3 fully saturated rings. The summed E-state index contributed by atoms with van der Waals surface area (Å²) in [6, 6.07) is 2.95. The molecule has 0 radical (unpaired) electrons. The Labute approximate surface area is 217 Å². The largest absolute Gasteiger partial charge is 0.377 e. The minimum atomic E-state index is -2.79. The van der Waals surface area contributed by atoms with Crippen LogP contribution in [-0.4, -0.2) is 82.3 Å². The van der Waals surface area contributed by atoms with Crippen LogP contribution >= 0.6 is 11.6 Å². The third kappa shape index (κ3) is 4.56. The molecule has 8 nitrogen and oxygen atoms in total. The van der Waals surface area contributed by atoms with E-state index in [1.54, 1.807) is 13.3 Å². The SMILES string of the molecule is CO[C@@H]1COCC1N1CCC(c2cc3nc(Nc4cnn(C5CC5(F)F)c4Cl)ncc3cc2C)C(F)C1. The third-order valence-electron chi connectivity index (χ3n) is 7.78. The van der Waals surface area contributed by atoms with Crippen LogP contribution in [0.2, 0.25) is 5.15 Å². The zero-order valence-corrected chi connectivity index (χ0v) is 21.3. The number of fused-ring (bicyclic) bond motifs is 1. The Morgan fingerprint density at radius 3 is 2.78 bits per heavy atom. The molecule has 1 aromatic carbocycles. The van der Waals surface area contributed by atoms with E-state index in [0.29, 0.717) is 37.4 Å². The number of rotatable bonds is 6. The summed E-state index contributed by atoms with van der Waals surface area (Å²) in [5, 5.41) is 7.87. The molecule has 0 spiro atoms. The van der Waals surface area contributed by atoms with Gasteiger partial charge in [-0.25, -0.2) is 27.8 Å². The van der Waals surface area contributed by atoms with E-state index in [9.17, 15) is 8.78 Å². The Balaban J connectivity index is 1.21. The van der Waals surface area contributed by atoms with Gasteiger partial charge in [-0.2, -0.15) is 5.10 Å². The number of benzene rings is 1. The molecule has 12 heteroatoms. The molecular weight excluding hydrogens is 509 g/mol. The second kappa shape index (κ2) is 9.37. The van der Waals surface area contributed by atoms with Crippen molar-refractivity contribution in [1.82, 2.24) is 24.6 Å². The number of nitrogens with one attached hydrogen (secondary N) is 1. The summed E-state index contributed by atoms with van der Waals surface area (Å²) < 4.78 is 54.6. The lowest BCUT2D eigenvalue weighted by molar-refractivity contribution is 0.0132. The minimum absolute atomic E-state index is 0.0323. The van der Waals surface area contributed by atoms with E-state index in [1.165, 1.54) is 6.20 Å². The summed E-state index contributed by atoms with van der Waals surface area (Å²) in [4.78, 5) is 11.1. The van der Waals surface area contributed by atoms with Gasteiger partial charge in [0, 0.05) is 37.6 Å². The number of methoxy groups -OCH3 is 1. The Morgan fingerprint density at radius 2 is 2.05 bits per heavy atom. The number of aromatic nitrogens is 4. The van der Waals surface area contributed by atoms with Gasteiger partial charge in [0.25, 0.3) is 5.92 Å². The molecule has 1 N–H and O–H groups in total. The molecule has 0 bridgehead atoms. The number of nitrogens with zero attached hydrogens (tertiary/aromatic N) is 5. The van der Waals surface area contributed by atoms with Gasteiger partial charge in [0.15, 0.2) is 5.15 Å². The van der Waals surface area contributed by atoms with Crippen LogP contribution in [0.1, 0.15) is 35.9 Å². The van der Waals surface area contributed by atoms with Gasteiger partial charge < -0.3 is 14.8 Å². The van der Waals surface area contributed by atoms with Crippen LogP contribution in [0.15, 0.2) is 24.5 Å². The molecule has 6 rings (SSSR count). The van der Waals surface area contributed by atoms with Gasteiger partial charge in [-0.05, 0) is 43.1 Å². The molecule has 2 aromatic heterocycles. The average Bonchev–Trinajstić information content (AvgIpc) is 3.19. The van der Waals surface area contributed by atoms with Crippen molar-refractivity contribution in [3.05, 3.63) is 40.8 Å². The van der Waals surface area contributed by atoms with Gasteiger partial charge in [-0.1, -0.05) is 11.6 Å². The molecule has 2 aliphatic heterocycles. The molecule has 0 amide bonds. The highest BCUT2D eigenvalue weighted by Gasteiger charge is 2.59. The van der Waals surface area contributed by atoms with E-state index >= 15 is 4.39 Å². The number of piperidine rings is 1. The fourth-order valence-corrected chi connectivity index (χ4v) is 5.83. The number of alkyl halides is 3. The maximum Gasteiger partial charge on any atom is 0.272 e. The van der Waals surface area contributed by atoms with E-state index in [2.05, 4.69) is 25.3 Å². The molecule has 3 aliphatic rings. The van der Waals surface area contributed by atoms with E-state index in [1.807, 2.05) is 19.1 Å². The fourth-order valence-electron chi connectivity index (χ4n) is 5.57. The predicted molar refractivity (Wildman–Crippen MR) is 133 cm³/mol. The molecule has 4 heterocycles. The topological polar surface area (TPSA) is 77.3 Å². The highest BCUT2D eigenvalue weighted by Crippen LogP contribution is 2.53. The molecule has 1 saturated carbocycles. The van der Waals surface area contributed by atoms with E-state index in [0.717, 1.165) is 27.7 Å². The van der Waals surface area contributed by atoms with Crippen molar-refractivity contribution in [2.45, 2.75) is 56.0 Å². The zero-order valence-electron chi connectivity index (χ0n) is 20.5. The second-order valence-corrected chi connectivity index (χ2v) is 10.5. The zero-order chi connectivity index (χ0) is 25.9. The standard InChI is InChI=1S/C25H28ClF3N6O2/c1-13-5-14-8-30-24(33-19-9-31-35(23(19)26)22-7-25(22,28)29)32-18(14)6-16(13)15-3-4-34(10-17(15)27)20-11-37-12-21(20)36-2/h5-6,8-9,15,17,20-22H,3-4,7,10-12H2,1-2H3,(H,30,32,33)/t15?,17?,20?,21-,22?/m1/s1. The van der Waals surface area contributed by atoms with Crippen molar-refractivity contribution >= 4 is 34.1 Å². The Bertz CT molecular complexity index is 1320. The molecule has 198 valence electrons. The monoisotopic (exact) mass is 536 g/mol. The Morgan fingerprint density at radius 1 is 1.24 bits per heavy atom. The van der Waals surface area contributed by atoms with Gasteiger partial charge in [-0.3, -0.25) is 4.90 Å². The molecule has 1 aliphatic carbocycles. The second-order valence-electron chi connectivity index (χ2n) is 10.1. The Hall–Kier alpha value is -2.47. The molecular formula is C25H28ClF3N6O2. The lowest BCUT2D eigenvalue weighted by Crippen LogP contribution is -2.51. The van der Waals surface area contributed by atoms with Crippen LogP contribution in [0.5, 0.6) is 0 Å². The quantitative estimate of drug-likeness (QED) is 0.491. The first kappa shape index (κ1) is 24.8. The first-order valence-corrected chi connectivity index (χ1v) is 12.8. The third-order valence-corrected chi connectivity index (χ3v) is 8.16. The van der Waals surface area contributed by atoms with Crippen LogP contribution in [0, 0.1) is 6.92 Å². The lowest BCUT2D eigenvalue weighted by atomic mass is 9.84. The minimum Gasteiger partial charge on any atom is -0.377 e. The summed E-state index contributed by atoms with van der Waals surface area (Å²) in [5.74, 6) is -2.78. The molecule has 2 saturated heterocycles. The van der Waals surface area contributed by atoms with Gasteiger partial charge in [-0.15, -0.1) is 0 Å². The van der Waals surface area contributed by atoms with Crippen molar-refractivity contribution in [2.75, 3.05) is 38.7 Å². The van der Waals surface area contributed by atoms with Crippen LogP contribution in [0.4, 0.5) is 24.8 Å². The molecule has 4 unspecified atom stereocenters. The summed E-state index contributed by atoms with van der Waals surface area (Å²) in [6.45, 7) is 4.17. The highest BCUT2D eigenvalue weighted by atomic mass is 35.5. The summed E-state index contributed by atoms with van der Waals surface area (Å²) in [5.41, 5.74) is 2.93. The first-order valence-electron chi connectivity index (χ1n) is 12.4. The smallest absolute Gasteiger partial charge is 0.272 e. The molecule has 37 heavy (non-hydrogen) atoms. The van der Waals surface area contributed by atoms with Crippen LogP contribution < -0.4 is 5.32 Å². The van der Waals surface area contributed by atoms with Gasteiger partial charge in [0.05, 0.1) is 42.8 Å². The normalized spacial score (nSPS) is 29.6. The van der Waals surface area contributed by atoms with E-state index in [-0.39, 0.29) is 35.6 Å². The maximum atomic E-state index is 15.5.